The molecule has 0 aliphatic rings. The van der Waals surface area contributed by atoms with Crippen LogP contribution in [-0.2, 0) is 4.79 Å². The summed E-state index contributed by atoms with van der Waals surface area (Å²) in [5.41, 5.74) is -0.124. The first kappa shape index (κ1) is 12.9. The number of amides is 1. The summed E-state index contributed by atoms with van der Waals surface area (Å²) in [5, 5.41) is 8.66. The van der Waals surface area contributed by atoms with Crippen LogP contribution in [0.2, 0.25) is 0 Å². The zero-order valence-electron chi connectivity index (χ0n) is 9.91. The molecule has 0 fully saturated rings. The lowest BCUT2D eigenvalue weighted by Gasteiger charge is -2.19. The van der Waals surface area contributed by atoms with E-state index in [2.05, 4.69) is 9.97 Å². The first-order chi connectivity index (χ1) is 7.91. The van der Waals surface area contributed by atoms with E-state index in [0.717, 1.165) is 6.20 Å². The lowest BCUT2D eigenvalue weighted by molar-refractivity contribution is -0.127. The molecule has 1 aromatic rings. The molecule has 1 rings (SSSR count). The molecule has 0 atom stereocenters. The van der Waals surface area contributed by atoms with Crippen LogP contribution in [0.15, 0.2) is 12.4 Å². The van der Waals surface area contributed by atoms with Crippen LogP contribution in [0.1, 0.15) is 10.5 Å². The minimum absolute atomic E-state index is 0.0726. The molecule has 0 bridgehead atoms. The third-order valence-electron chi connectivity index (χ3n) is 2.12. The third-order valence-corrected chi connectivity index (χ3v) is 2.12. The number of carboxylic acid groups (broad SMARTS) is 1. The normalized spacial score (nSPS) is 9.82. The number of hydrogen-bond acceptors (Lipinski definition) is 5. The maximum atomic E-state index is 11.4. The maximum Gasteiger partial charge on any atom is 0.356 e. The van der Waals surface area contributed by atoms with Gasteiger partial charge in [0.1, 0.15) is 5.82 Å². The summed E-state index contributed by atoms with van der Waals surface area (Å²) in [6.45, 7) is 0.161. The quantitative estimate of drug-likeness (QED) is 0.775. The Bertz CT molecular complexity index is 416. The van der Waals surface area contributed by atoms with Crippen molar-refractivity contribution in [2.75, 3.05) is 32.6 Å². The highest BCUT2D eigenvalue weighted by Crippen LogP contribution is 2.06. The van der Waals surface area contributed by atoms with Crippen LogP contribution in [0, 0.1) is 0 Å². The number of carbonyl (C=O) groups excluding carboxylic acids is 1. The van der Waals surface area contributed by atoms with Crippen molar-refractivity contribution >= 4 is 17.7 Å². The molecule has 0 saturated carbocycles. The monoisotopic (exact) mass is 238 g/mol. The van der Waals surface area contributed by atoms with Crippen LogP contribution in [0.3, 0.4) is 0 Å². The van der Waals surface area contributed by atoms with Crippen molar-refractivity contribution < 1.29 is 14.7 Å². The third kappa shape index (κ3) is 3.40. The molecule has 0 saturated heterocycles. The van der Waals surface area contributed by atoms with Gasteiger partial charge in [0.15, 0.2) is 5.69 Å². The van der Waals surface area contributed by atoms with Gasteiger partial charge in [-0.3, -0.25) is 4.79 Å². The topological polar surface area (TPSA) is 86.6 Å². The van der Waals surface area contributed by atoms with Gasteiger partial charge in [-0.2, -0.15) is 0 Å². The summed E-state index contributed by atoms with van der Waals surface area (Å²) < 4.78 is 0. The molecule has 0 aliphatic heterocycles. The summed E-state index contributed by atoms with van der Waals surface area (Å²) in [5.74, 6) is -0.752. The van der Waals surface area contributed by atoms with Crippen LogP contribution in [0.25, 0.3) is 0 Å². The lowest BCUT2D eigenvalue weighted by atomic mass is 10.4. The number of nitrogens with zero attached hydrogens (tertiary/aromatic N) is 4. The van der Waals surface area contributed by atoms with Gasteiger partial charge in [-0.25, -0.2) is 14.8 Å². The molecule has 0 aromatic carbocycles. The van der Waals surface area contributed by atoms with E-state index >= 15 is 0 Å². The van der Waals surface area contributed by atoms with Gasteiger partial charge in [-0.15, -0.1) is 0 Å². The smallest absolute Gasteiger partial charge is 0.356 e. The first-order valence-electron chi connectivity index (χ1n) is 4.88. The molecule has 7 nitrogen and oxygen atoms in total. The average molecular weight is 238 g/mol. The van der Waals surface area contributed by atoms with Crippen LogP contribution in [0.4, 0.5) is 5.82 Å². The number of hydrogen-bond donors (Lipinski definition) is 1. The van der Waals surface area contributed by atoms with E-state index in [1.807, 2.05) is 0 Å². The maximum absolute atomic E-state index is 11.4. The molecule has 1 N–H and O–H groups in total. The number of likely N-dealkylation sites (N-methyl/N-ethyl adjacent to an activating group) is 2. The SMILES string of the molecule is CN(C)C(=O)CN(C)c1cnc(C(=O)O)cn1. The number of aromatic nitrogens is 2. The second-order valence-electron chi connectivity index (χ2n) is 3.71. The van der Waals surface area contributed by atoms with E-state index in [4.69, 9.17) is 5.11 Å². The number of aromatic carboxylic acids is 1. The van der Waals surface area contributed by atoms with Crippen LogP contribution in [0.5, 0.6) is 0 Å². The average Bonchev–Trinajstić information content (AvgIpc) is 2.28. The molecule has 1 amide bonds. The van der Waals surface area contributed by atoms with Crippen molar-refractivity contribution in [3.63, 3.8) is 0 Å². The van der Waals surface area contributed by atoms with Gasteiger partial charge < -0.3 is 14.9 Å². The lowest BCUT2D eigenvalue weighted by Crippen LogP contribution is -2.34. The van der Waals surface area contributed by atoms with E-state index in [-0.39, 0.29) is 18.1 Å². The zero-order chi connectivity index (χ0) is 13.0. The Morgan fingerprint density at radius 3 is 2.29 bits per heavy atom. The molecule has 0 radical (unpaired) electrons. The van der Waals surface area contributed by atoms with Gasteiger partial charge in [0.2, 0.25) is 5.91 Å². The van der Waals surface area contributed by atoms with Gasteiger partial charge in [0, 0.05) is 21.1 Å². The van der Waals surface area contributed by atoms with Crippen molar-refractivity contribution in [1.29, 1.82) is 0 Å². The van der Waals surface area contributed by atoms with Gasteiger partial charge >= 0.3 is 5.97 Å². The Labute approximate surface area is 98.7 Å². The second-order valence-corrected chi connectivity index (χ2v) is 3.71. The summed E-state index contributed by atoms with van der Waals surface area (Å²) in [7, 11) is 5.01. The summed E-state index contributed by atoms with van der Waals surface area (Å²) >= 11 is 0. The number of rotatable bonds is 4. The van der Waals surface area contributed by atoms with E-state index in [0.29, 0.717) is 5.82 Å². The molecule has 0 aliphatic carbocycles. The molecule has 92 valence electrons. The molecule has 1 aromatic heterocycles. The van der Waals surface area contributed by atoms with Gasteiger partial charge in [0.25, 0.3) is 0 Å². The first-order valence-corrected chi connectivity index (χ1v) is 4.88. The second kappa shape index (κ2) is 5.24. The van der Waals surface area contributed by atoms with Crippen LogP contribution < -0.4 is 4.90 Å². The molecule has 7 heteroatoms. The molecule has 17 heavy (non-hydrogen) atoms. The Balaban J connectivity index is 2.73. The van der Waals surface area contributed by atoms with Crippen molar-refractivity contribution in [3.8, 4) is 0 Å². The summed E-state index contributed by atoms with van der Waals surface area (Å²) in [6, 6.07) is 0. The summed E-state index contributed by atoms with van der Waals surface area (Å²) in [4.78, 5) is 32.7. The fraction of sp³-hybridized carbons (Fsp3) is 0.400. The van der Waals surface area contributed by atoms with Crippen molar-refractivity contribution in [1.82, 2.24) is 14.9 Å². The highest BCUT2D eigenvalue weighted by atomic mass is 16.4. The van der Waals surface area contributed by atoms with E-state index < -0.39 is 5.97 Å². The van der Waals surface area contributed by atoms with Crippen molar-refractivity contribution in [2.24, 2.45) is 0 Å². The van der Waals surface area contributed by atoms with Crippen molar-refractivity contribution in [2.45, 2.75) is 0 Å². The molecule has 0 unspecified atom stereocenters. The minimum Gasteiger partial charge on any atom is -0.476 e. The van der Waals surface area contributed by atoms with Gasteiger partial charge in [-0.1, -0.05) is 0 Å². The fourth-order valence-electron chi connectivity index (χ4n) is 1.05. The number of carbonyl (C=O) groups is 2. The highest BCUT2D eigenvalue weighted by molar-refractivity contribution is 5.85. The van der Waals surface area contributed by atoms with E-state index in [1.54, 1.807) is 26.0 Å². The van der Waals surface area contributed by atoms with Crippen LogP contribution >= 0.6 is 0 Å². The predicted molar refractivity (Wildman–Crippen MR) is 61.0 cm³/mol. The van der Waals surface area contributed by atoms with E-state index in [9.17, 15) is 9.59 Å². The molecule has 1 heterocycles. The molecular formula is C10H14N4O3. The Hall–Kier alpha value is -2.18. The Kier molecular flexibility index (Phi) is 3.97. The van der Waals surface area contributed by atoms with Gasteiger partial charge in [-0.05, 0) is 0 Å². The molecular weight excluding hydrogens is 224 g/mol. The van der Waals surface area contributed by atoms with E-state index in [1.165, 1.54) is 11.1 Å². The zero-order valence-corrected chi connectivity index (χ0v) is 9.91. The number of carboxylic acids is 1. The minimum atomic E-state index is -1.13. The number of anilines is 1. The van der Waals surface area contributed by atoms with Gasteiger partial charge in [0.05, 0.1) is 18.9 Å². The molecule has 0 spiro atoms. The highest BCUT2D eigenvalue weighted by Gasteiger charge is 2.11. The summed E-state index contributed by atoms with van der Waals surface area (Å²) in [6.07, 6.45) is 2.49. The predicted octanol–water partition coefficient (Wildman–Crippen LogP) is -0.301. The van der Waals surface area contributed by atoms with Crippen molar-refractivity contribution in [3.05, 3.63) is 18.1 Å². The van der Waals surface area contributed by atoms with Crippen LogP contribution in [-0.4, -0.2) is 59.5 Å². The Morgan fingerprint density at radius 2 is 1.88 bits per heavy atom. The Morgan fingerprint density at radius 1 is 1.24 bits per heavy atom. The standard InChI is InChI=1S/C10H14N4O3/c1-13(2)9(15)6-14(3)8-5-11-7(4-12-8)10(16)17/h4-5H,6H2,1-3H3,(H,16,17). The largest absolute Gasteiger partial charge is 0.476 e. The fourth-order valence-corrected chi connectivity index (χ4v) is 1.05.